The summed E-state index contributed by atoms with van der Waals surface area (Å²) in [4.78, 5) is 26.5. The molecule has 2 aromatic carbocycles. The third-order valence-electron chi connectivity index (χ3n) is 4.63. The average molecular weight is 443 g/mol. The largest absolute Gasteiger partial charge is 0.444 e. The van der Waals surface area contributed by atoms with E-state index in [9.17, 15) is 14.0 Å². The highest BCUT2D eigenvalue weighted by Gasteiger charge is 2.25. The molecule has 0 saturated carbocycles. The van der Waals surface area contributed by atoms with Crippen molar-refractivity contribution in [2.75, 3.05) is 11.4 Å². The molecule has 2 heterocycles. The number of nitrogens with one attached hydrogen (secondary N) is 1. The molecule has 0 saturated heterocycles. The quantitative estimate of drug-likeness (QED) is 0.654. The van der Waals surface area contributed by atoms with Gasteiger partial charge in [-0.2, -0.15) is 0 Å². The van der Waals surface area contributed by atoms with Gasteiger partial charge in [-0.1, -0.05) is 12.1 Å². The third kappa shape index (κ3) is 3.71. The number of nitrogens with zero attached hydrogens (tertiary/aromatic N) is 1. The molecule has 3 aromatic rings. The smallest absolute Gasteiger partial charge is 0.287 e. The zero-order valence-corrected chi connectivity index (χ0v) is 16.3. The van der Waals surface area contributed by atoms with Crippen molar-refractivity contribution in [2.24, 2.45) is 0 Å². The summed E-state index contributed by atoms with van der Waals surface area (Å²) in [7, 11) is 0. The van der Waals surface area contributed by atoms with Crippen molar-refractivity contribution < 1.29 is 18.4 Å². The second-order valence-electron chi connectivity index (χ2n) is 6.46. The Hall–Kier alpha value is -2.93. The normalized spacial score (nSPS) is 12.7. The highest BCUT2D eigenvalue weighted by Crippen LogP contribution is 2.30. The van der Waals surface area contributed by atoms with Crippen LogP contribution < -0.4 is 10.2 Å². The van der Waals surface area contributed by atoms with Crippen LogP contribution in [0.25, 0.3) is 0 Å². The van der Waals surface area contributed by atoms with E-state index in [0.29, 0.717) is 23.3 Å². The minimum absolute atomic E-state index is 0.150. The number of furan rings is 1. The Kier molecular flexibility index (Phi) is 5.00. The van der Waals surface area contributed by atoms with Crippen LogP contribution in [0.15, 0.2) is 63.7 Å². The topological polar surface area (TPSA) is 62.6 Å². The van der Waals surface area contributed by atoms with Crippen LogP contribution in [0.5, 0.6) is 0 Å². The number of rotatable bonds is 4. The van der Waals surface area contributed by atoms with E-state index in [1.807, 2.05) is 18.2 Å². The monoisotopic (exact) mass is 442 g/mol. The van der Waals surface area contributed by atoms with Crippen LogP contribution in [0.4, 0.5) is 10.1 Å². The number of halogens is 2. The summed E-state index contributed by atoms with van der Waals surface area (Å²) in [5.41, 5.74) is 3.28. The molecule has 1 aromatic heterocycles. The molecule has 0 bridgehead atoms. The average Bonchev–Trinajstić information content (AvgIpc) is 3.32. The Morgan fingerprint density at radius 3 is 2.61 bits per heavy atom. The van der Waals surface area contributed by atoms with Gasteiger partial charge in [0.15, 0.2) is 10.4 Å². The van der Waals surface area contributed by atoms with Gasteiger partial charge in [0.25, 0.3) is 11.8 Å². The summed E-state index contributed by atoms with van der Waals surface area (Å²) in [5, 5.41) is 2.82. The Morgan fingerprint density at radius 2 is 1.89 bits per heavy atom. The number of fused-ring (bicyclic) bond motifs is 1. The molecule has 5 nitrogen and oxygen atoms in total. The van der Waals surface area contributed by atoms with Crippen molar-refractivity contribution >= 4 is 33.4 Å². The fraction of sp³-hybridized carbons (Fsp3) is 0.143. The molecule has 7 heteroatoms. The second-order valence-corrected chi connectivity index (χ2v) is 7.24. The number of carbonyl (C=O) groups is 2. The molecule has 0 spiro atoms. The molecule has 142 valence electrons. The van der Waals surface area contributed by atoms with E-state index in [1.54, 1.807) is 17.0 Å². The first-order valence-electron chi connectivity index (χ1n) is 8.74. The first-order valence-corrected chi connectivity index (χ1v) is 9.53. The summed E-state index contributed by atoms with van der Waals surface area (Å²) >= 11 is 3.17. The lowest BCUT2D eigenvalue weighted by atomic mass is 10.1. The molecule has 1 aliphatic heterocycles. The van der Waals surface area contributed by atoms with Crippen LogP contribution in [0.1, 0.15) is 32.0 Å². The molecule has 0 atom stereocenters. The van der Waals surface area contributed by atoms with Crippen molar-refractivity contribution in [3.05, 3.63) is 87.5 Å². The maximum absolute atomic E-state index is 13.1. The second kappa shape index (κ2) is 7.59. The van der Waals surface area contributed by atoms with E-state index in [-0.39, 0.29) is 23.4 Å². The number of hydrogen-bond acceptors (Lipinski definition) is 3. The molecule has 1 N–H and O–H groups in total. The summed E-state index contributed by atoms with van der Waals surface area (Å²) in [6, 6.07) is 14.6. The fourth-order valence-corrected chi connectivity index (χ4v) is 3.54. The molecule has 0 unspecified atom stereocenters. The van der Waals surface area contributed by atoms with Gasteiger partial charge in [-0.05, 0) is 75.9 Å². The van der Waals surface area contributed by atoms with Crippen LogP contribution in [-0.2, 0) is 13.0 Å². The van der Waals surface area contributed by atoms with Crippen LogP contribution in [-0.4, -0.2) is 18.4 Å². The third-order valence-corrected chi connectivity index (χ3v) is 5.05. The number of benzene rings is 2. The predicted molar refractivity (Wildman–Crippen MR) is 106 cm³/mol. The molecule has 0 fully saturated rings. The predicted octanol–water partition coefficient (Wildman–Crippen LogP) is 4.31. The number of hydrogen-bond donors (Lipinski definition) is 1. The fourth-order valence-electron chi connectivity index (χ4n) is 3.23. The SMILES string of the molecule is O=C(NCc1ccc2c(c1)CCN2C(=O)c1ccc(F)cc1)c1ccc(Br)o1. The Morgan fingerprint density at radius 1 is 1.11 bits per heavy atom. The lowest BCUT2D eigenvalue weighted by molar-refractivity contribution is 0.0921. The van der Waals surface area contributed by atoms with Gasteiger partial charge >= 0.3 is 0 Å². The molecule has 4 rings (SSSR count). The van der Waals surface area contributed by atoms with E-state index in [4.69, 9.17) is 4.42 Å². The van der Waals surface area contributed by atoms with E-state index < -0.39 is 0 Å². The van der Waals surface area contributed by atoms with E-state index in [1.165, 1.54) is 24.3 Å². The lowest BCUT2D eigenvalue weighted by Gasteiger charge is -2.17. The van der Waals surface area contributed by atoms with Crippen molar-refractivity contribution in [2.45, 2.75) is 13.0 Å². The minimum atomic E-state index is -0.369. The van der Waals surface area contributed by atoms with E-state index in [0.717, 1.165) is 23.2 Å². The van der Waals surface area contributed by atoms with Crippen LogP contribution >= 0.6 is 15.9 Å². The summed E-state index contributed by atoms with van der Waals surface area (Å²) < 4.78 is 18.8. The van der Waals surface area contributed by atoms with Crippen LogP contribution in [0.3, 0.4) is 0 Å². The van der Waals surface area contributed by atoms with Crippen molar-refractivity contribution in [3.8, 4) is 0 Å². The van der Waals surface area contributed by atoms with Gasteiger partial charge in [-0.25, -0.2) is 4.39 Å². The Labute approximate surface area is 169 Å². The molecule has 28 heavy (non-hydrogen) atoms. The first-order chi connectivity index (χ1) is 13.5. The van der Waals surface area contributed by atoms with Gasteiger partial charge in [-0.3, -0.25) is 9.59 Å². The molecule has 0 radical (unpaired) electrons. The van der Waals surface area contributed by atoms with Crippen molar-refractivity contribution in [1.29, 1.82) is 0 Å². The maximum atomic E-state index is 13.1. The first kappa shape index (κ1) is 18.4. The highest BCUT2D eigenvalue weighted by atomic mass is 79.9. The van der Waals surface area contributed by atoms with Gasteiger partial charge in [-0.15, -0.1) is 0 Å². The van der Waals surface area contributed by atoms with Gasteiger partial charge in [0.2, 0.25) is 0 Å². The molecular formula is C21H16BrFN2O3. The van der Waals surface area contributed by atoms with Gasteiger partial charge in [0, 0.05) is 24.3 Å². The number of amides is 2. The van der Waals surface area contributed by atoms with E-state index >= 15 is 0 Å². The number of anilines is 1. The van der Waals surface area contributed by atoms with E-state index in [2.05, 4.69) is 21.2 Å². The van der Waals surface area contributed by atoms with Crippen molar-refractivity contribution in [1.82, 2.24) is 5.32 Å². The highest BCUT2D eigenvalue weighted by molar-refractivity contribution is 9.10. The molecular weight excluding hydrogens is 427 g/mol. The summed E-state index contributed by atoms with van der Waals surface area (Å²) in [6.45, 7) is 0.929. The maximum Gasteiger partial charge on any atom is 0.287 e. The van der Waals surface area contributed by atoms with Gasteiger partial charge in [0.05, 0.1) is 0 Å². The summed E-state index contributed by atoms with van der Waals surface area (Å²) in [5.74, 6) is -0.571. The van der Waals surface area contributed by atoms with Crippen molar-refractivity contribution in [3.63, 3.8) is 0 Å². The Balaban J connectivity index is 1.45. The van der Waals surface area contributed by atoms with Crippen LogP contribution in [0, 0.1) is 5.82 Å². The molecule has 2 amide bonds. The minimum Gasteiger partial charge on any atom is -0.444 e. The standard InChI is InChI=1S/C21H16BrFN2O3/c22-19-8-7-18(28-19)20(26)24-12-13-1-6-17-15(11-13)9-10-25(17)21(27)14-2-4-16(23)5-3-14/h1-8,11H,9-10,12H2,(H,24,26). The molecule has 1 aliphatic rings. The number of carbonyl (C=O) groups excluding carboxylic acids is 2. The Bertz CT molecular complexity index is 1050. The molecule has 0 aliphatic carbocycles. The lowest BCUT2D eigenvalue weighted by Crippen LogP contribution is -2.28. The van der Waals surface area contributed by atoms with Gasteiger partial charge in [0.1, 0.15) is 5.82 Å². The van der Waals surface area contributed by atoms with Gasteiger partial charge < -0.3 is 14.6 Å². The summed E-state index contributed by atoms with van der Waals surface area (Å²) in [6.07, 6.45) is 0.731. The zero-order valence-electron chi connectivity index (χ0n) is 14.7. The zero-order chi connectivity index (χ0) is 19.7. The van der Waals surface area contributed by atoms with Crippen LogP contribution in [0.2, 0.25) is 0 Å².